The van der Waals surface area contributed by atoms with E-state index in [0.717, 1.165) is 25.7 Å². The molecule has 0 bridgehead atoms. The summed E-state index contributed by atoms with van der Waals surface area (Å²) < 4.78 is 32.0. The van der Waals surface area contributed by atoms with E-state index < -0.39 is 39.1 Å². The molecule has 38 heavy (non-hydrogen) atoms. The lowest BCUT2D eigenvalue weighted by Crippen LogP contribution is -2.56. The molecule has 0 radical (unpaired) electrons. The van der Waals surface area contributed by atoms with Gasteiger partial charge in [-0.15, -0.1) is 0 Å². The number of aliphatic hydroxyl groups excluding tert-OH is 3. The van der Waals surface area contributed by atoms with E-state index in [1.165, 1.54) is 0 Å². The number of aliphatic carboxylic acids is 2. The van der Waals surface area contributed by atoms with Crippen LogP contribution in [0.15, 0.2) is 0 Å². The van der Waals surface area contributed by atoms with Crippen molar-refractivity contribution >= 4 is 22.1 Å². The second kappa shape index (κ2) is 21.5. The monoisotopic (exact) mass is 571 g/mol. The minimum atomic E-state index is -5.15. The molecule has 0 aliphatic heterocycles. The number of unbranched alkanes of at least 4 members (excludes halogenated alkanes) is 2. The average molecular weight is 572 g/mol. The average Bonchev–Trinajstić information content (AvgIpc) is 2.84. The lowest BCUT2D eigenvalue weighted by Gasteiger charge is -2.36. The number of hydrogen-bond acceptors (Lipinski definition) is 8. The molecule has 4 unspecified atom stereocenters. The summed E-state index contributed by atoms with van der Waals surface area (Å²) in [6.07, 6.45) is 5.37. The molecular weight excluding hydrogens is 518 g/mol. The Balaban J connectivity index is 0. The molecule has 0 aromatic rings. The number of aliphatic hydroxyl groups is 3. The van der Waals surface area contributed by atoms with Crippen LogP contribution in [0.5, 0.6) is 0 Å². The highest BCUT2D eigenvalue weighted by Gasteiger charge is 2.60. The van der Waals surface area contributed by atoms with E-state index in [9.17, 15) is 32.8 Å². The van der Waals surface area contributed by atoms with Gasteiger partial charge in [0.05, 0.1) is 25.7 Å². The lowest BCUT2D eigenvalue weighted by molar-refractivity contribution is -0.153. The van der Waals surface area contributed by atoms with Crippen molar-refractivity contribution in [1.82, 2.24) is 4.90 Å². The van der Waals surface area contributed by atoms with E-state index in [-0.39, 0.29) is 38.1 Å². The molecule has 6 N–H and O–H groups in total. The van der Waals surface area contributed by atoms with Gasteiger partial charge in [0.1, 0.15) is 0 Å². The van der Waals surface area contributed by atoms with Gasteiger partial charge in [-0.25, -0.2) is 0 Å². The second-order valence-corrected chi connectivity index (χ2v) is 11.5. The van der Waals surface area contributed by atoms with Crippen molar-refractivity contribution in [3.05, 3.63) is 0 Å². The molecule has 12 heteroatoms. The first-order valence-electron chi connectivity index (χ1n) is 13.8. The summed E-state index contributed by atoms with van der Waals surface area (Å²) in [7, 11) is -5.15. The second-order valence-electron chi connectivity index (χ2n) is 9.85. The minimum absolute atomic E-state index is 0.0694. The molecule has 11 nitrogen and oxygen atoms in total. The molecule has 228 valence electrons. The van der Waals surface area contributed by atoms with Gasteiger partial charge in [0.15, 0.2) is 0 Å². The first-order valence-corrected chi connectivity index (χ1v) is 15.3. The van der Waals surface area contributed by atoms with E-state index in [2.05, 4.69) is 0 Å². The van der Waals surface area contributed by atoms with Crippen LogP contribution in [0.1, 0.15) is 91.9 Å². The molecule has 0 aromatic heterocycles. The third-order valence-electron chi connectivity index (χ3n) is 7.18. The van der Waals surface area contributed by atoms with Crippen molar-refractivity contribution in [2.75, 3.05) is 39.5 Å². The van der Waals surface area contributed by atoms with Crippen LogP contribution >= 0.6 is 0 Å². The standard InChI is InChI=1S/C20H38O7S.C6H15NO3/c1-5-9-11-15(7-3)13-17(18(21)22)20(19(23)24,28(25,26)27)14-16(8-4)12-10-6-2;8-4-1-7(2-5-9)3-6-10/h15-17H,5-14H2,1-4H3,(H,21,22)(H,23,24)(H,25,26,27);8-10H,1-6H2. The zero-order valence-corrected chi connectivity index (χ0v) is 24.5. The summed E-state index contributed by atoms with van der Waals surface area (Å²) in [6, 6.07) is 0. The van der Waals surface area contributed by atoms with Crippen molar-refractivity contribution in [2.45, 2.75) is 96.7 Å². The maximum absolute atomic E-state index is 12.4. The molecular formula is C26H53NO10S. The first-order chi connectivity index (χ1) is 17.9. The van der Waals surface area contributed by atoms with Gasteiger partial charge in [-0.05, 0) is 24.7 Å². The lowest BCUT2D eigenvalue weighted by atomic mass is 9.76. The topological polar surface area (TPSA) is 193 Å². The molecule has 0 aliphatic rings. The Hall–Kier alpha value is -1.31. The molecule has 4 atom stereocenters. The highest BCUT2D eigenvalue weighted by molar-refractivity contribution is 7.88. The summed E-state index contributed by atoms with van der Waals surface area (Å²) in [5, 5.41) is 45.2. The number of nitrogens with zero attached hydrogens (tertiary/aromatic N) is 1. The van der Waals surface area contributed by atoms with Crippen molar-refractivity contribution in [1.29, 1.82) is 0 Å². The van der Waals surface area contributed by atoms with Crippen LogP contribution < -0.4 is 0 Å². The smallest absolute Gasteiger partial charge is 0.328 e. The van der Waals surface area contributed by atoms with Gasteiger partial charge >= 0.3 is 11.9 Å². The van der Waals surface area contributed by atoms with E-state index >= 15 is 0 Å². The molecule has 0 saturated carbocycles. The van der Waals surface area contributed by atoms with Crippen molar-refractivity contribution in [3.63, 3.8) is 0 Å². The molecule has 0 aromatic carbocycles. The number of carbonyl (C=O) groups is 2. The Kier molecular flexibility index (Phi) is 22.0. The first kappa shape index (κ1) is 38.8. The highest BCUT2D eigenvalue weighted by Crippen LogP contribution is 2.41. The Morgan fingerprint density at radius 2 is 1.21 bits per heavy atom. The fourth-order valence-corrected chi connectivity index (χ4v) is 5.93. The summed E-state index contributed by atoms with van der Waals surface area (Å²) in [6.45, 7) is 9.43. The number of carboxylic acid groups (broad SMARTS) is 2. The van der Waals surface area contributed by atoms with Gasteiger partial charge in [-0.2, -0.15) is 8.42 Å². The van der Waals surface area contributed by atoms with E-state index in [1.807, 2.05) is 27.7 Å². The van der Waals surface area contributed by atoms with Crippen LogP contribution in [0.25, 0.3) is 0 Å². The molecule has 0 aliphatic carbocycles. The number of rotatable bonds is 22. The molecule has 0 saturated heterocycles. The maximum Gasteiger partial charge on any atom is 0.328 e. The molecule has 0 fully saturated rings. The van der Waals surface area contributed by atoms with Crippen LogP contribution in [-0.4, -0.2) is 99.5 Å². The van der Waals surface area contributed by atoms with Gasteiger partial charge in [0, 0.05) is 19.6 Å². The predicted molar refractivity (Wildman–Crippen MR) is 147 cm³/mol. The molecule has 0 spiro atoms. The fourth-order valence-electron chi connectivity index (χ4n) is 4.71. The third-order valence-corrected chi connectivity index (χ3v) is 8.73. The van der Waals surface area contributed by atoms with Crippen LogP contribution in [0.2, 0.25) is 0 Å². The van der Waals surface area contributed by atoms with E-state index in [0.29, 0.717) is 45.3 Å². The van der Waals surface area contributed by atoms with Crippen LogP contribution in [0.3, 0.4) is 0 Å². The summed E-state index contributed by atoms with van der Waals surface area (Å²) >= 11 is 0. The van der Waals surface area contributed by atoms with Crippen LogP contribution in [0, 0.1) is 17.8 Å². The zero-order chi connectivity index (χ0) is 29.8. The van der Waals surface area contributed by atoms with Crippen molar-refractivity contribution in [2.24, 2.45) is 17.8 Å². The van der Waals surface area contributed by atoms with Crippen LogP contribution in [-0.2, 0) is 19.7 Å². The maximum atomic E-state index is 12.4. The van der Waals surface area contributed by atoms with Crippen molar-refractivity contribution in [3.8, 4) is 0 Å². The molecule has 0 rings (SSSR count). The fraction of sp³-hybridized carbons (Fsp3) is 0.923. The SMILES string of the molecule is CCCCC(CC)CC(C(=O)O)C(CC(CC)CCCC)(C(=O)O)S(=O)(=O)O.OCCN(CCO)CCO. The Labute approximate surface area is 229 Å². The highest BCUT2D eigenvalue weighted by atomic mass is 32.2. The minimum Gasteiger partial charge on any atom is -0.481 e. The number of hydrogen-bond donors (Lipinski definition) is 6. The van der Waals surface area contributed by atoms with Gasteiger partial charge in [-0.3, -0.25) is 19.0 Å². The largest absolute Gasteiger partial charge is 0.481 e. The Morgan fingerprint density at radius 3 is 1.50 bits per heavy atom. The molecule has 0 amide bonds. The Morgan fingerprint density at radius 1 is 0.789 bits per heavy atom. The van der Waals surface area contributed by atoms with Gasteiger partial charge in [0.25, 0.3) is 10.1 Å². The van der Waals surface area contributed by atoms with Gasteiger partial charge in [-0.1, -0.05) is 79.1 Å². The normalized spacial score (nSPS) is 15.7. The van der Waals surface area contributed by atoms with E-state index in [1.54, 1.807) is 4.90 Å². The predicted octanol–water partition coefficient (Wildman–Crippen LogP) is 2.88. The third kappa shape index (κ3) is 13.7. The van der Waals surface area contributed by atoms with Gasteiger partial charge < -0.3 is 25.5 Å². The summed E-state index contributed by atoms with van der Waals surface area (Å²) in [5.74, 6) is -5.37. The van der Waals surface area contributed by atoms with Crippen molar-refractivity contribution < 1.29 is 48.1 Å². The molecule has 0 heterocycles. The number of carboxylic acids is 2. The van der Waals surface area contributed by atoms with Crippen LogP contribution in [0.4, 0.5) is 0 Å². The van der Waals surface area contributed by atoms with Gasteiger partial charge in [0.2, 0.25) is 4.75 Å². The summed E-state index contributed by atoms with van der Waals surface area (Å²) in [5.41, 5.74) is 0. The Bertz CT molecular complexity index is 719. The quantitative estimate of drug-likeness (QED) is 0.105. The zero-order valence-electron chi connectivity index (χ0n) is 23.7. The summed E-state index contributed by atoms with van der Waals surface area (Å²) in [4.78, 5) is 26.1. The van der Waals surface area contributed by atoms with E-state index in [4.69, 9.17) is 15.3 Å².